The molecule has 1 saturated heterocycles. The normalized spacial score (nSPS) is 18.0. The molecule has 0 radical (unpaired) electrons. The number of benzene rings is 1. The number of hydrogen-bond donors (Lipinski definition) is 2. The molecule has 0 bridgehead atoms. The van der Waals surface area contributed by atoms with Gasteiger partial charge >= 0.3 is 0 Å². The molecule has 2 unspecified atom stereocenters. The van der Waals surface area contributed by atoms with Gasteiger partial charge in [0.2, 0.25) is 5.91 Å². The fourth-order valence-corrected chi connectivity index (χ4v) is 2.83. The number of amides is 1. The van der Waals surface area contributed by atoms with E-state index in [1.54, 1.807) is 7.11 Å². The third-order valence-electron chi connectivity index (χ3n) is 4.31. The highest BCUT2D eigenvalue weighted by Crippen LogP contribution is 2.23. The van der Waals surface area contributed by atoms with Gasteiger partial charge in [0.1, 0.15) is 5.75 Å². The van der Waals surface area contributed by atoms with Gasteiger partial charge < -0.3 is 20.5 Å². The van der Waals surface area contributed by atoms with Crippen molar-refractivity contribution in [3.05, 3.63) is 29.8 Å². The number of hydrogen-bond acceptors (Lipinski definition) is 5. The second kappa shape index (κ2) is 9.61. The molecule has 1 aromatic rings. The minimum atomic E-state index is 0.0485. The standard InChI is InChI=1S/C18H29N3O3/c1-14(19)3-8-18(22)20-13-17(21-9-11-24-12-10-21)15-4-6-16(23-2)7-5-15/h4-7,14,17H,3,8-13,19H2,1-2H3,(H,20,22). The van der Waals surface area contributed by atoms with Gasteiger partial charge in [-0.25, -0.2) is 0 Å². The van der Waals surface area contributed by atoms with Gasteiger partial charge in [0.15, 0.2) is 0 Å². The van der Waals surface area contributed by atoms with Crippen LogP contribution in [0.25, 0.3) is 0 Å². The lowest BCUT2D eigenvalue weighted by Crippen LogP contribution is -2.43. The fourth-order valence-electron chi connectivity index (χ4n) is 2.83. The van der Waals surface area contributed by atoms with Gasteiger partial charge in [-0.1, -0.05) is 12.1 Å². The Labute approximate surface area is 144 Å². The van der Waals surface area contributed by atoms with Crippen molar-refractivity contribution in [3.8, 4) is 5.75 Å². The first-order valence-electron chi connectivity index (χ1n) is 8.58. The second-order valence-electron chi connectivity index (χ2n) is 6.26. The molecular weight excluding hydrogens is 306 g/mol. The third-order valence-corrected chi connectivity index (χ3v) is 4.31. The maximum absolute atomic E-state index is 12.0. The van der Waals surface area contributed by atoms with Crippen molar-refractivity contribution in [2.24, 2.45) is 5.73 Å². The number of morpholine rings is 1. The number of ether oxygens (including phenoxy) is 2. The topological polar surface area (TPSA) is 76.8 Å². The maximum Gasteiger partial charge on any atom is 0.220 e. The molecule has 1 amide bonds. The zero-order chi connectivity index (χ0) is 17.4. The number of carbonyl (C=O) groups excluding carboxylic acids is 1. The Morgan fingerprint density at radius 2 is 2.00 bits per heavy atom. The molecule has 6 heteroatoms. The van der Waals surface area contributed by atoms with Gasteiger partial charge in [-0.2, -0.15) is 0 Å². The zero-order valence-corrected chi connectivity index (χ0v) is 14.7. The van der Waals surface area contributed by atoms with Crippen molar-refractivity contribution in [2.75, 3.05) is 40.0 Å². The van der Waals surface area contributed by atoms with Gasteiger partial charge in [0.05, 0.1) is 26.4 Å². The molecule has 1 heterocycles. The first kappa shape index (κ1) is 18.7. The molecule has 24 heavy (non-hydrogen) atoms. The maximum atomic E-state index is 12.0. The summed E-state index contributed by atoms with van der Waals surface area (Å²) in [5.41, 5.74) is 6.89. The van der Waals surface area contributed by atoms with Crippen LogP contribution in [-0.2, 0) is 9.53 Å². The summed E-state index contributed by atoms with van der Waals surface area (Å²) in [5, 5.41) is 3.05. The van der Waals surface area contributed by atoms with Crippen LogP contribution in [0.3, 0.4) is 0 Å². The first-order chi connectivity index (χ1) is 11.6. The van der Waals surface area contributed by atoms with E-state index >= 15 is 0 Å². The second-order valence-corrected chi connectivity index (χ2v) is 6.26. The molecule has 134 valence electrons. The van der Waals surface area contributed by atoms with E-state index in [1.807, 2.05) is 19.1 Å². The molecule has 2 rings (SSSR count). The van der Waals surface area contributed by atoms with Gasteiger partial charge in [-0.15, -0.1) is 0 Å². The Morgan fingerprint density at radius 3 is 2.58 bits per heavy atom. The Hall–Kier alpha value is -1.63. The molecule has 1 aliphatic rings. The lowest BCUT2D eigenvalue weighted by atomic mass is 10.0. The molecule has 6 nitrogen and oxygen atoms in total. The first-order valence-corrected chi connectivity index (χ1v) is 8.58. The third kappa shape index (κ3) is 5.78. The van der Waals surface area contributed by atoms with Crippen LogP contribution in [0.15, 0.2) is 24.3 Å². The van der Waals surface area contributed by atoms with Crippen molar-refractivity contribution in [1.29, 1.82) is 0 Å². The van der Waals surface area contributed by atoms with Gasteiger partial charge in [-0.3, -0.25) is 9.69 Å². The molecule has 0 aliphatic carbocycles. The van der Waals surface area contributed by atoms with E-state index in [4.69, 9.17) is 15.2 Å². The SMILES string of the molecule is COc1ccc(C(CNC(=O)CCC(C)N)N2CCOCC2)cc1. The van der Waals surface area contributed by atoms with Crippen molar-refractivity contribution in [2.45, 2.75) is 31.8 Å². The molecule has 3 N–H and O–H groups in total. The fraction of sp³-hybridized carbons (Fsp3) is 0.611. The quantitative estimate of drug-likeness (QED) is 0.749. The van der Waals surface area contributed by atoms with E-state index in [2.05, 4.69) is 22.3 Å². The molecular formula is C18H29N3O3. The molecule has 0 aromatic heterocycles. The highest BCUT2D eigenvalue weighted by molar-refractivity contribution is 5.75. The molecule has 1 aromatic carbocycles. The van der Waals surface area contributed by atoms with E-state index in [0.717, 1.165) is 32.1 Å². The van der Waals surface area contributed by atoms with Crippen LogP contribution in [-0.4, -0.2) is 56.8 Å². The Balaban J connectivity index is 2.00. The molecule has 0 spiro atoms. The Morgan fingerprint density at radius 1 is 1.33 bits per heavy atom. The van der Waals surface area contributed by atoms with Crippen molar-refractivity contribution >= 4 is 5.91 Å². The minimum Gasteiger partial charge on any atom is -0.497 e. The smallest absolute Gasteiger partial charge is 0.220 e. The van der Waals surface area contributed by atoms with E-state index < -0.39 is 0 Å². The number of nitrogens with zero attached hydrogens (tertiary/aromatic N) is 1. The zero-order valence-electron chi connectivity index (χ0n) is 14.7. The Kier molecular flexibility index (Phi) is 7.49. The van der Waals surface area contributed by atoms with Crippen molar-refractivity contribution in [1.82, 2.24) is 10.2 Å². The van der Waals surface area contributed by atoms with E-state index in [1.165, 1.54) is 5.56 Å². The summed E-state index contributed by atoms with van der Waals surface area (Å²) in [6.45, 7) is 5.70. The summed E-state index contributed by atoms with van der Waals surface area (Å²) in [5.74, 6) is 0.888. The van der Waals surface area contributed by atoms with Crippen LogP contribution in [0.2, 0.25) is 0 Å². The monoisotopic (exact) mass is 335 g/mol. The minimum absolute atomic E-state index is 0.0485. The van der Waals surface area contributed by atoms with Crippen LogP contribution in [0.1, 0.15) is 31.4 Å². The number of rotatable bonds is 8. The van der Waals surface area contributed by atoms with Crippen LogP contribution in [0.5, 0.6) is 5.75 Å². The molecule has 1 aliphatic heterocycles. The highest BCUT2D eigenvalue weighted by Gasteiger charge is 2.23. The number of methoxy groups -OCH3 is 1. The average Bonchev–Trinajstić information content (AvgIpc) is 2.61. The van der Waals surface area contributed by atoms with Crippen molar-refractivity contribution < 1.29 is 14.3 Å². The van der Waals surface area contributed by atoms with Crippen LogP contribution in [0.4, 0.5) is 0 Å². The summed E-state index contributed by atoms with van der Waals surface area (Å²) < 4.78 is 10.7. The predicted molar refractivity (Wildman–Crippen MR) is 94.0 cm³/mol. The average molecular weight is 335 g/mol. The molecule has 2 atom stereocenters. The van der Waals surface area contributed by atoms with Gasteiger partial charge in [0, 0.05) is 32.1 Å². The van der Waals surface area contributed by atoms with Crippen molar-refractivity contribution in [3.63, 3.8) is 0 Å². The summed E-state index contributed by atoms with van der Waals surface area (Å²) >= 11 is 0. The number of nitrogens with one attached hydrogen (secondary N) is 1. The number of carbonyl (C=O) groups is 1. The lowest BCUT2D eigenvalue weighted by Gasteiger charge is -2.35. The van der Waals surface area contributed by atoms with Crippen LogP contribution < -0.4 is 15.8 Å². The van der Waals surface area contributed by atoms with Gasteiger partial charge in [0.25, 0.3) is 0 Å². The summed E-state index contributed by atoms with van der Waals surface area (Å²) in [6, 6.07) is 8.23. The Bertz CT molecular complexity index is 499. The van der Waals surface area contributed by atoms with E-state index in [-0.39, 0.29) is 18.0 Å². The highest BCUT2D eigenvalue weighted by atomic mass is 16.5. The predicted octanol–water partition coefficient (Wildman–Crippen LogP) is 1.31. The lowest BCUT2D eigenvalue weighted by molar-refractivity contribution is -0.121. The summed E-state index contributed by atoms with van der Waals surface area (Å²) in [7, 11) is 1.66. The summed E-state index contributed by atoms with van der Waals surface area (Å²) in [6.07, 6.45) is 1.17. The van der Waals surface area contributed by atoms with Crippen LogP contribution >= 0.6 is 0 Å². The molecule has 1 fully saturated rings. The van der Waals surface area contributed by atoms with E-state index in [0.29, 0.717) is 19.4 Å². The largest absolute Gasteiger partial charge is 0.497 e. The summed E-state index contributed by atoms with van der Waals surface area (Å²) in [4.78, 5) is 14.4. The van der Waals surface area contributed by atoms with E-state index in [9.17, 15) is 4.79 Å². The van der Waals surface area contributed by atoms with Gasteiger partial charge in [-0.05, 0) is 31.0 Å². The number of nitrogens with two attached hydrogens (primary N) is 1. The van der Waals surface area contributed by atoms with Crippen LogP contribution in [0, 0.1) is 0 Å². The molecule has 0 saturated carbocycles.